The second-order valence-electron chi connectivity index (χ2n) is 4.38. The predicted octanol–water partition coefficient (Wildman–Crippen LogP) is 2.02. The summed E-state index contributed by atoms with van der Waals surface area (Å²) in [6, 6.07) is 8.32. The van der Waals surface area contributed by atoms with Gasteiger partial charge in [0.15, 0.2) is 0 Å². The highest BCUT2D eigenvalue weighted by atomic mass is 32.2. The molecule has 0 bridgehead atoms. The molecule has 0 aromatic heterocycles. The number of carbonyl (C=O) groups is 2. The minimum absolute atomic E-state index is 0.0113. The highest BCUT2D eigenvalue weighted by Crippen LogP contribution is 2.36. The Labute approximate surface area is 123 Å². The van der Waals surface area contributed by atoms with E-state index in [0.29, 0.717) is 0 Å². The van der Waals surface area contributed by atoms with Crippen molar-refractivity contribution in [3.63, 3.8) is 0 Å². The molecule has 0 unspecified atom stereocenters. The number of carboxylic acids is 1. The van der Waals surface area contributed by atoms with Gasteiger partial charge < -0.3 is 10.0 Å². The van der Waals surface area contributed by atoms with E-state index in [1.807, 2.05) is 30.3 Å². The molecule has 1 rings (SSSR count). The van der Waals surface area contributed by atoms with Crippen LogP contribution in [0.4, 0.5) is 0 Å². The topological polar surface area (TPSA) is 57.6 Å². The van der Waals surface area contributed by atoms with Crippen LogP contribution in [0.1, 0.15) is 18.9 Å². The molecule has 104 valence electrons. The van der Waals surface area contributed by atoms with Crippen LogP contribution in [0.25, 0.3) is 0 Å². The van der Waals surface area contributed by atoms with Gasteiger partial charge in [-0.25, -0.2) is 4.79 Å². The molecule has 1 aromatic rings. The van der Waals surface area contributed by atoms with E-state index in [0.717, 1.165) is 5.56 Å². The molecule has 1 aromatic carbocycles. The summed E-state index contributed by atoms with van der Waals surface area (Å²) in [6.45, 7) is 1.46. The Bertz CT molecular complexity index is 462. The maximum atomic E-state index is 12.0. The Morgan fingerprint density at radius 1 is 1.32 bits per heavy atom. The number of rotatable bonds is 5. The minimum atomic E-state index is -1.04. The standard InChI is InChI=1S/C13H17NO3S2/c1-9(12(16)17)14(2)11(15)8-13(18,19)10-6-4-3-5-7-10/h3-7,9,18-19H,8H2,1-2H3,(H,16,17)/t9-/m0/s1. The maximum Gasteiger partial charge on any atom is 0.326 e. The van der Waals surface area contributed by atoms with Crippen LogP contribution in [0.5, 0.6) is 0 Å². The van der Waals surface area contributed by atoms with Gasteiger partial charge in [0.2, 0.25) is 5.91 Å². The van der Waals surface area contributed by atoms with Crippen molar-refractivity contribution >= 4 is 37.1 Å². The normalized spacial score (nSPS) is 12.8. The summed E-state index contributed by atoms with van der Waals surface area (Å²) in [5, 5.41) is 8.88. The number of likely N-dealkylation sites (N-methyl/N-ethyl adjacent to an activating group) is 1. The first kappa shape index (κ1) is 15.9. The number of aliphatic carboxylic acids is 1. The van der Waals surface area contributed by atoms with E-state index in [1.54, 1.807) is 0 Å². The molecule has 1 atom stereocenters. The molecule has 0 aliphatic heterocycles. The molecular formula is C13H17NO3S2. The lowest BCUT2D eigenvalue weighted by molar-refractivity contribution is -0.148. The van der Waals surface area contributed by atoms with Gasteiger partial charge in [-0.3, -0.25) is 4.79 Å². The third-order valence-corrected chi connectivity index (χ3v) is 3.80. The Hall–Kier alpha value is -1.14. The van der Waals surface area contributed by atoms with E-state index in [-0.39, 0.29) is 12.3 Å². The molecule has 1 N–H and O–H groups in total. The van der Waals surface area contributed by atoms with Gasteiger partial charge in [-0.2, -0.15) is 25.3 Å². The molecule has 0 aliphatic carbocycles. The van der Waals surface area contributed by atoms with Gasteiger partial charge in [0, 0.05) is 7.05 Å². The van der Waals surface area contributed by atoms with Gasteiger partial charge in [0.05, 0.1) is 10.5 Å². The number of carbonyl (C=O) groups excluding carboxylic acids is 1. The first-order valence-electron chi connectivity index (χ1n) is 5.74. The summed E-state index contributed by atoms with van der Waals surface area (Å²) >= 11 is 8.80. The average Bonchev–Trinajstić information content (AvgIpc) is 2.37. The molecule has 0 aliphatic rings. The lowest BCUT2D eigenvalue weighted by Crippen LogP contribution is -2.41. The zero-order valence-corrected chi connectivity index (χ0v) is 12.6. The Kier molecular flexibility index (Phi) is 5.31. The van der Waals surface area contributed by atoms with Crippen LogP contribution in [-0.2, 0) is 13.7 Å². The van der Waals surface area contributed by atoms with Crippen LogP contribution >= 0.6 is 25.3 Å². The Morgan fingerprint density at radius 2 is 1.84 bits per heavy atom. The fourth-order valence-electron chi connectivity index (χ4n) is 1.52. The minimum Gasteiger partial charge on any atom is -0.480 e. The lowest BCUT2D eigenvalue weighted by atomic mass is 10.1. The van der Waals surface area contributed by atoms with Crippen molar-refractivity contribution < 1.29 is 14.7 Å². The van der Waals surface area contributed by atoms with Crippen LogP contribution in [0, 0.1) is 0 Å². The van der Waals surface area contributed by atoms with E-state index in [4.69, 9.17) is 5.11 Å². The smallest absolute Gasteiger partial charge is 0.326 e. The number of amides is 1. The Morgan fingerprint density at radius 3 is 2.32 bits per heavy atom. The molecule has 0 spiro atoms. The highest BCUT2D eigenvalue weighted by Gasteiger charge is 2.30. The zero-order chi connectivity index (χ0) is 14.6. The molecule has 4 nitrogen and oxygen atoms in total. The number of carboxylic acid groups (broad SMARTS) is 1. The highest BCUT2D eigenvalue weighted by molar-refractivity contribution is 7.99. The molecule has 19 heavy (non-hydrogen) atoms. The summed E-state index contributed by atoms with van der Waals surface area (Å²) in [7, 11) is 1.46. The van der Waals surface area contributed by atoms with Crippen LogP contribution in [0.2, 0.25) is 0 Å². The first-order chi connectivity index (χ1) is 8.75. The third kappa shape index (κ3) is 4.18. The van der Waals surface area contributed by atoms with Gasteiger partial charge in [0.25, 0.3) is 0 Å². The molecule has 0 saturated carbocycles. The number of thiol groups is 2. The van der Waals surface area contributed by atoms with E-state index < -0.39 is 16.1 Å². The van der Waals surface area contributed by atoms with Gasteiger partial charge in [-0.1, -0.05) is 30.3 Å². The van der Waals surface area contributed by atoms with Crippen LogP contribution < -0.4 is 0 Å². The van der Waals surface area contributed by atoms with Crippen molar-refractivity contribution in [1.29, 1.82) is 0 Å². The van der Waals surface area contributed by atoms with Gasteiger partial charge >= 0.3 is 5.97 Å². The largest absolute Gasteiger partial charge is 0.480 e. The van der Waals surface area contributed by atoms with Crippen LogP contribution in [-0.4, -0.2) is 35.0 Å². The van der Waals surface area contributed by atoms with Crippen molar-refractivity contribution in [2.24, 2.45) is 0 Å². The quantitative estimate of drug-likeness (QED) is 0.576. The van der Waals surface area contributed by atoms with Gasteiger partial charge in [-0.05, 0) is 12.5 Å². The Balaban J connectivity index is 2.79. The molecule has 0 fully saturated rings. The van der Waals surface area contributed by atoms with E-state index >= 15 is 0 Å². The van der Waals surface area contributed by atoms with Gasteiger partial charge in [0.1, 0.15) is 6.04 Å². The summed E-state index contributed by atoms with van der Waals surface area (Å²) in [5.74, 6) is -1.36. The van der Waals surface area contributed by atoms with E-state index in [1.165, 1.54) is 18.9 Å². The van der Waals surface area contributed by atoms with Crippen molar-refractivity contribution in [1.82, 2.24) is 4.90 Å². The van der Waals surface area contributed by atoms with Crippen molar-refractivity contribution in [2.75, 3.05) is 7.05 Å². The van der Waals surface area contributed by atoms with Crippen LogP contribution in [0.3, 0.4) is 0 Å². The van der Waals surface area contributed by atoms with E-state index in [2.05, 4.69) is 25.3 Å². The predicted molar refractivity (Wildman–Crippen MR) is 80.6 cm³/mol. The summed E-state index contributed by atoms with van der Waals surface area (Å²) < 4.78 is -0.926. The number of nitrogens with zero attached hydrogens (tertiary/aromatic N) is 1. The van der Waals surface area contributed by atoms with Crippen LogP contribution in [0.15, 0.2) is 30.3 Å². The van der Waals surface area contributed by atoms with E-state index in [9.17, 15) is 9.59 Å². The SMILES string of the molecule is C[C@@H](C(=O)O)N(C)C(=O)CC(S)(S)c1ccccc1. The molecule has 1 amide bonds. The first-order valence-corrected chi connectivity index (χ1v) is 6.64. The summed E-state index contributed by atoms with van der Waals surface area (Å²) in [4.78, 5) is 24.1. The molecule has 0 saturated heterocycles. The van der Waals surface area contributed by atoms with Crippen molar-refractivity contribution in [3.8, 4) is 0 Å². The van der Waals surface area contributed by atoms with Crippen molar-refractivity contribution in [3.05, 3.63) is 35.9 Å². The van der Waals surface area contributed by atoms with Gasteiger partial charge in [-0.15, -0.1) is 0 Å². The van der Waals surface area contributed by atoms with Crippen molar-refractivity contribution in [2.45, 2.75) is 23.5 Å². The fourth-order valence-corrected chi connectivity index (χ4v) is 2.09. The molecule has 0 radical (unpaired) electrons. The maximum absolute atomic E-state index is 12.0. The lowest BCUT2D eigenvalue weighted by Gasteiger charge is -2.27. The molecular weight excluding hydrogens is 282 g/mol. The number of benzene rings is 1. The second-order valence-corrected chi connectivity index (χ2v) is 6.26. The monoisotopic (exact) mass is 299 g/mol. The molecule has 0 heterocycles. The molecule has 6 heteroatoms. The second kappa shape index (κ2) is 6.34. The average molecular weight is 299 g/mol. The fraction of sp³-hybridized carbons (Fsp3) is 0.385. The number of hydrogen-bond donors (Lipinski definition) is 3. The number of hydrogen-bond acceptors (Lipinski definition) is 4. The third-order valence-electron chi connectivity index (χ3n) is 2.97. The zero-order valence-electron chi connectivity index (χ0n) is 10.8. The summed E-state index contributed by atoms with van der Waals surface area (Å²) in [5.41, 5.74) is 0.798. The summed E-state index contributed by atoms with van der Waals surface area (Å²) in [6.07, 6.45) is 0.0113.